The summed E-state index contributed by atoms with van der Waals surface area (Å²) >= 11 is 5.88. The number of imidazole rings is 1. The van der Waals surface area contributed by atoms with Gasteiger partial charge in [-0.25, -0.2) is 15.0 Å². The summed E-state index contributed by atoms with van der Waals surface area (Å²) < 4.78 is 1.86. The lowest BCUT2D eigenvalue weighted by molar-refractivity contribution is 0.758. The van der Waals surface area contributed by atoms with Gasteiger partial charge in [-0.15, -0.1) is 0 Å². The highest BCUT2D eigenvalue weighted by atomic mass is 35.5. The van der Waals surface area contributed by atoms with E-state index in [0.29, 0.717) is 0 Å². The third kappa shape index (κ3) is 1.96. The second kappa shape index (κ2) is 3.97. The van der Waals surface area contributed by atoms with Crippen LogP contribution in [0.15, 0.2) is 12.5 Å². The fourth-order valence-electron chi connectivity index (χ4n) is 1.84. The Kier molecular flexibility index (Phi) is 2.45. The Bertz CT molecular complexity index is 564. The van der Waals surface area contributed by atoms with E-state index in [4.69, 9.17) is 11.6 Å². The molecule has 2 aromatic heterocycles. The molecule has 6 nitrogen and oxygen atoms in total. The van der Waals surface area contributed by atoms with Gasteiger partial charge >= 0.3 is 0 Å². The minimum absolute atomic E-state index is 0.255. The summed E-state index contributed by atoms with van der Waals surface area (Å²) in [6, 6.07) is 0. The van der Waals surface area contributed by atoms with E-state index in [-0.39, 0.29) is 5.28 Å². The molecule has 1 aliphatic rings. The molecule has 0 fully saturated rings. The van der Waals surface area contributed by atoms with E-state index < -0.39 is 0 Å². The monoisotopic (exact) mass is 250 g/mol. The average Bonchev–Trinajstić information content (AvgIpc) is 2.87. The van der Waals surface area contributed by atoms with Crippen molar-refractivity contribution in [2.45, 2.75) is 13.1 Å². The van der Waals surface area contributed by atoms with Crippen LogP contribution in [0.4, 0.5) is 11.6 Å². The van der Waals surface area contributed by atoms with Gasteiger partial charge in [0.15, 0.2) is 0 Å². The molecule has 0 spiro atoms. The summed E-state index contributed by atoms with van der Waals surface area (Å²) in [5.74, 6) is 1.47. The molecule has 1 aliphatic heterocycles. The van der Waals surface area contributed by atoms with Gasteiger partial charge in [0.05, 0.1) is 12.0 Å². The van der Waals surface area contributed by atoms with Gasteiger partial charge < -0.3 is 15.2 Å². The van der Waals surface area contributed by atoms with Crippen LogP contribution in [0.25, 0.3) is 0 Å². The summed E-state index contributed by atoms with van der Waals surface area (Å²) in [4.78, 5) is 12.6. The van der Waals surface area contributed by atoms with Crippen molar-refractivity contribution in [1.82, 2.24) is 24.8 Å². The number of rotatable bonds is 2. The molecule has 88 valence electrons. The van der Waals surface area contributed by atoms with E-state index >= 15 is 0 Å². The van der Waals surface area contributed by atoms with Crippen LogP contribution in [-0.4, -0.2) is 19.5 Å². The maximum absolute atomic E-state index is 5.88. The van der Waals surface area contributed by atoms with Crippen molar-refractivity contribution in [1.29, 1.82) is 0 Å². The van der Waals surface area contributed by atoms with Crippen LogP contribution in [0.5, 0.6) is 0 Å². The molecular weight excluding hydrogens is 240 g/mol. The van der Waals surface area contributed by atoms with E-state index in [9.17, 15) is 0 Å². The molecule has 3 heterocycles. The highest BCUT2D eigenvalue weighted by molar-refractivity contribution is 6.28. The second-order valence-corrected chi connectivity index (χ2v) is 4.26. The maximum Gasteiger partial charge on any atom is 0.224 e. The van der Waals surface area contributed by atoms with E-state index in [1.807, 2.05) is 17.8 Å². The van der Waals surface area contributed by atoms with Gasteiger partial charge in [0.25, 0.3) is 0 Å². The lowest BCUT2D eigenvalue weighted by Gasteiger charge is -2.07. The third-order valence-electron chi connectivity index (χ3n) is 2.61. The molecule has 0 aliphatic carbocycles. The highest BCUT2D eigenvalue weighted by Crippen LogP contribution is 2.24. The largest absolute Gasteiger partial charge is 0.338 e. The number of hydrogen-bond donors (Lipinski definition) is 2. The summed E-state index contributed by atoms with van der Waals surface area (Å²) in [6.07, 6.45) is 3.61. The molecule has 0 aromatic carbocycles. The van der Waals surface area contributed by atoms with Gasteiger partial charge in [-0.05, 0) is 11.6 Å². The van der Waals surface area contributed by atoms with E-state index in [2.05, 4.69) is 25.6 Å². The smallest absolute Gasteiger partial charge is 0.224 e. The molecule has 0 bridgehead atoms. The molecule has 2 N–H and O–H groups in total. The lowest BCUT2D eigenvalue weighted by atomic mass is 10.2. The number of hydrogen-bond acceptors (Lipinski definition) is 5. The number of fused-ring (bicyclic) bond motifs is 1. The summed E-state index contributed by atoms with van der Waals surface area (Å²) in [7, 11) is 1.91. The molecule has 0 saturated carbocycles. The predicted molar refractivity (Wildman–Crippen MR) is 64.1 cm³/mol. The van der Waals surface area contributed by atoms with Crippen LogP contribution in [0.2, 0.25) is 5.28 Å². The number of halogens is 1. The average molecular weight is 251 g/mol. The third-order valence-corrected chi connectivity index (χ3v) is 2.78. The van der Waals surface area contributed by atoms with E-state index in [0.717, 1.165) is 36.0 Å². The van der Waals surface area contributed by atoms with Crippen LogP contribution >= 0.6 is 11.6 Å². The molecule has 0 saturated heterocycles. The van der Waals surface area contributed by atoms with Crippen LogP contribution in [0.3, 0.4) is 0 Å². The fraction of sp³-hybridized carbons (Fsp3) is 0.300. The Labute approximate surface area is 103 Å². The van der Waals surface area contributed by atoms with Gasteiger partial charge in [-0.3, -0.25) is 0 Å². The van der Waals surface area contributed by atoms with Crippen molar-refractivity contribution in [3.63, 3.8) is 0 Å². The summed E-state index contributed by atoms with van der Waals surface area (Å²) in [5, 5.41) is 6.63. The number of nitrogens with zero attached hydrogens (tertiary/aromatic N) is 4. The van der Waals surface area contributed by atoms with Gasteiger partial charge in [-0.2, -0.15) is 0 Å². The Morgan fingerprint density at radius 2 is 2.29 bits per heavy atom. The number of aromatic nitrogens is 4. The first-order valence-corrected chi connectivity index (χ1v) is 5.61. The summed E-state index contributed by atoms with van der Waals surface area (Å²) in [5.41, 5.74) is 2.00. The first kappa shape index (κ1) is 10.5. The molecule has 0 unspecified atom stereocenters. The van der Waals surface area contributed by atoms with Gasteiger partial charge in [0, 0.05) is 31.9 Å². The van der Waals surface area contributed by atoms with Crippen LogP contribution in [0.1, 0.15) is 11.3 Å². The van der Waals surface area contributed by atoms with Crippen molar-refractivity contribution in [3.8, 4) is 0 Å². The summed E-state index contributed by atoms with van der Waals surface area (Å²) in [6.45, 7) is 1.48. The predicted octanol–water partition coefficient (Wildman–Crippen LogP) is 1.21. The Morgan fingerprint density at radius 1 is 1.41 bits per heavy atom. The zero-order valence-corrected chi connectivity index (χ0v) is 9.99. The maximum atomic E-state index is 5.88. The molecule has 0 atom stereocenters. The van der Waals surface area contributed by atoms with Gasteiger partial charge in [0.2, 0.25) is 5.28 Å². The molecule has 0 radical (unpaired) electrons. The first-order chi connectivity index (χ1) is 8.22. The molecular formula is C10H11ClN6. The van der Waals surface area contributed by atoms with Crippen molar-refractivity contribution in [2.24, 2.45) is 7.05 Å². The van der Waals surface area contributed by atoms with E-state index in [1.165, 1.54) is 0 Å². The molecule has 2 aromatic rings. The highest BCUT2D eigenvalue weighted by Gasteiger charge is 2.18. The number of aryl methyl sites for hydroxylation is 1. The van der Waals surface area contributed by atoms with Crippen molar-refractivity contribution in [3.05, 3.63) is 29.1 Å². The lowest BCUT2D eigenvalue weighted by Crippen LogP contribution is -2.03. The molecule has 3 rings (SSSR count). The van der Waals surface area contributed by atoms with Gasteiger partial charge in [-0.1, -0.05) is 0 Å². The van der Waals surface area contributed by atoms with Crippen molar-refractivity contribution in [2.75, 3.05) is 5.32 Å². The zero-order valence-electron chi connectivity index (χ0n) is 9.24. The van der Waals surface area contributed by atoms with Crippen LogP contribution in [-0.2, 0) is 20.1 Å². The Balaban J connectivity index is 1.98. The van der Waals surface area contributed by atoms with Crippen molar-refractivity contribution < 1.29 is 0 Å². The molecule has 7 heteroatoms. The Morgan fingerprint density at radius 3 is 3.06 bits per heavy atom. The topological polar surface area (TPSA) is 67.7 Å². The van der Waals surface area contributed by atoms with Crippen molar-refractivity contribution >= 4 is 23.2 Å². The molecule has 0 amide bonds. The number of anilines is 2. The zero-order chi connectivity index (χ0) is 11.8. The second-order valence-electron chi connectivity index (χ2n) is 3.92. The number of nitrogens with one attached hydrogen (secondary N) is 2. The minimum atomic E-state index is 0.255. The quantitative estimate of drug-likeness (QED) is 0.785. The van der Waals surface area contributed by atoms with Crippen LogP contribution in [0, 0.1) is 0 Å². The Hall–Kier alpha value is -1.66. The van der Waals surface area contributed by atoms with Gasteiger partial charge in [0.1, 0.15) is 11.6 Å². The first-order valence-electron chi connectivity index (χ1n) is 5.23. The fourth-order valence-corrected chi connectivity index (χ4v) is 2.03. The van der Waals surface area contributed by atoms with E-state index in [1.54, 1.807) is 6.33 Å². The minimum Gasteiger partial charge on any atom is -0.338 e. The van der Waals surface area contributed by atoms with Crippen LogP contribution < -0.4 is 10.6 Å². The SMILES string of the molecule is Cn1cnc(Nc2nc(Cl)nc3c2CNC3)c1. The standard InChI is InChI=1S/C10H11ClN6/c1-17-4-8(13-5-17)15-9-6-2-12-3-7(6)14-10(11)16-9/h4-5,12H,2-3H2,1H3,(H,14,15,16). The molecule has 17 heavy (non-hydrogen) atoms. The normalized spacial score (nSPS) is 13.8.